The Hall–Kier alpha value is -2.09. The highest BCUT2D eigenvalue weighted by molar-refractivity contribution is 8.00. The van der Waals surface area contributed by atoms with Gasteiger partial charge in [0.1, 0.15) is 10.8 Å². The number of thioether (sulfide) groups is 1. The molecule has 128 valence electrons. The second kappa shape index (κ2) is 8.33. The summed E-state index contributed by atoms with van der Waals surface area (Å²) < 4.78 is 5.13. The molecular weight excluding hydrogens is 378 g/mol. The first kappa shape index (κ1) is 17.7. The number of benzene rings is 2. The molecule has 1 aromatic heterocycles. The summed E-state index contributed by atoms with van der Waals surface area (Å²) in [6.07, 6.45) is 0. The molecule has 1 amide bonds. The lowest BCUT2D eigenvalue weighted by atomic mass is 10.2. The number of ether oxygens (including phenoxy) is 1. The Morgan fingerprint density at radius 2 is 1.88 bits per heavy atom. The van der Waals surface area contributed by atoms with Gasteiger partial charge in [-0.25, -0.2) is 0 Å². The minimum absolute atomic E-state index is 0.127. The second-order valence-corrected chi connectivity index (χ2v) is 7.39. The number of methoxy groups -OCH3 is 1. The first-order chi connectivity index (χ1) is 12.1. The summed E-state index contributed by atoms with van der Waals surface area (Å²) in [6, 6.07) is 14.9. The monoisotopic (exact) mass is 391 g/mol. The topological polar surface area (TPSA) is 64.1 Å². The SMILES string of the molecule is COc1ccc(-c2nnc(NC(=O)CSc3ccc(Cl)cc3)s2)cc1. The van der Waals surface area contributed by atoms with E-state index in [0.717, 1.165) is 21.2 Å². The maximum Gasteiger partial charge on any atom is 0.236 e. The molecule has 0 saturated heterocycles. The molecule has 0 saturated carbocycles. The lowest BCUT2D eigenvalue weighted by molar-refractivity contribution is -0.113. The third-order valence-corrected chi connectivity index (χ3v) is 5.34. The average molecular weight is 392 g/mol. The Labute approximate surface area is 158 Å². The summed E-state index contributed by atoms with van der Waals surface area (Å²) in [6.45, 7) is 0. The first-order valence-corrected chi connectivity index (χ1v) is 9.48. The van der Waals surface area contributed by atoms with Crippen molar-refractivity contribution in [3.8, 4) is 16.3 Å². The molecule has 0 aliphatic heterocycles. The Kier molecular flexibility index (Phi) is 5.91. The van der Waals surface area contributed by atoms with Gasteiger partial charge >= 0.3 is 0 Å². The van der Waals surface area contributed by atoms with Crippen molar-refractivity contribution in [1.29, 1.82) is 0 Å². The van der Waals surface area contributed by atoms with E-state index in [1.165, 1.54) is 23.1 Å². The minimum Gasteiger partial charge on any atom is -0.497 e. The first-order valence-electron chi connectivity index (χ1n) is 7.30. The predicted octanol–water partition coefficient (Wildman–Crippen LogP) is 4.60. The molecule has 3 rings (SSSR count). The van der Waals surface area contributed by atoms with Crippen molar-refractivity contribution in [2.45, 2.75) is 4.90 Å². The van der Waals surface area contributed by atoms with Gasteiger partial charge in [-0.1, -0.05) is 22.9 Å². The molecule has 0 fully saturated rings. The number of anilines is 1. The van der Waals surface area contributed by atoms with Crippen molar-refractivity contribution in [1.82, 2.24) is 10.2 Å². The van der Waals surface area contributed by atoms with E-state index in [1.807, 2.05) is 36.4 Å². The molecule has 0 aliphatic carbocycles. The lowest BCUT2D eigenvalue weighted by Crippen LogP contribution is -2.13. The number of nitrogens with zero attached hydrogens (tertiary/aromatic N) is 2. The average Bonchev–Trinajstić information content (AvgIpc) is 3.10. The Balaban J connectivity index is 1.56. The zero-order valence-electron chi connectivity index (χ0n) is 13.2. The second-order valence-electron chi connectivity index (χ2n) is 4.93. The van der Waals surface area contributed by atoms with Crippen LogP contribution < -0.4 is 10.1 Å². The molecule has 0 bridgehead atoms. The molecule has 2 aromatic carbocycles. The smallest absolute Gasteiger partial charge is 0.236 e. The van der Waals surface area contributed by atoms with E-state index in [0.29, 0.717) is 15.9 Å². The molecular formula is C17H14ClN3O2S2. The lowest BCUT2D eigenvalue weighted by Gasteiger charge is -2.02. The van der Waals surface area contributed by atoms with Crippen LogP contribution in [-0.4, -0.2) is 29.0 Å². The summed E-state index contributed by atoms with van der Waals surface area (Å²) in [5.74, 6) is 0.942. The van der Waals surface area contributed by atoms with Crippen LogP contribution in [0.5, 0.6) is 5.75 Å². The van der Waals surface area contributed by atoms with Crippen molar-refractivity contribution < 1.29 is 9.53 Å². The highest BCUT2D eigenvalue weighted by Gasteiger charge is 2.10. The summed E-state index contributed by atoms with van der Waals surface area (Å²) in [7, 11) is 1.62. The molecule has 0 aliphatic rings. The summed E-state index contributed by atoms with van der Waals surface area (Å²) in [5.41, 5.74) is 0.925. The van der Waals surface area contributed by atoms with Crippen LogP contribution in [0.2, 0.25) is 5.02 Å². The van der Waals surface area contributed by atoms with Crippen LogP contribution in [0.4, 0.5) is 5.13 Å². The van der Waals surface area contributed by atoms with Gasteiger partial charge in [-0.05, 0) is 48.5 Å². The Morgan fingerprint density at radius 1 is 1.16 bits per heavy atom. The number of halogens is 1. The van der Waals surface area contributed by atoms with Crippen molar-refractivity contribution >= 4 is 45.7 Å². The van der Waals surface area contributed by atoms with Gasteiger partial charge in [-0.2, -0.15) is 0 Å². The molecule has 0 unspecified atom stereocenters. The van der Waals surface area contributed by atoms with Crippen molar-refractivity contribution in [2.24, 2.45) is 0 Å². The fourth-order valence-electron chi connectivity index (χ4n) is 1.96. The van der Waals surface area contributed by atoms with Crippen LogP contribution in [0, 0.1) is 0 Å². The number of carbonyl (C=O) groups is 1. The Bertz CT molecular complexity index is 851. The number of carbonyl (C=O) groups excluding carboxylic acids is 1. The fourth-order valence-corrected chi connectivity index (χ4v) is 3.55. The van der Waals surface area contributed by atoms with E-state index in [-0.39, 0.29) is 5.91 Å². The number of hydrogen-bond acceptors (Lipinski definition) is 6. The zero-order chi connectivity index (χ0) is 17.6. The van der Waals surface area contributed by atoms with Crippen LogP contribution in [0.1, 0.15) is 0 Å². The predicted molar refractivity (Wildman–Crippen MR) is 103 cm³/mol. The van der Waals surface area contributed by atoms with Crippen molar-refractivity contribution in [3.63, 3.8) is 0 Å². The van der Waals surface area contributed by atoms with E-state index in [4.69, 9.17) is 16.3 Å². The van der Waals surface area contributed by atoms with Gasteiger partial charge in [0.15, 0.2) is 0 Å². The molecule has 3 aromatic rings. The number of aromatic nitrogens is 2. The summed E-state index contributed by atoms with van der Waals surface area (Å²) in [4.78, 5) is 13.0. The summed E-state index contributed by atoms with van der Waals surface area (Å²) >= 11 is 8.61. The molecule has 0 atom stereocenters. The number of hydrogen-bond donors (Lipinski definition) is 1. The van der Waals surface area contributed by atoms with Gasteiger partial charge in [-0.15, -0.1) is 22.0 Å². The largest absolute Gasteiger partial charge is 0.497 e. The van der Waals surface area contributed by atoms with Gasteiger partial charge in [0.05, 0.1) is 12.9 Å². The summed E-state index contributed by atoms with van der Waals surface area (Å²) in [5, 5.41) is 12.8. The van der Waals surface area contributed by atoms with Crippen LogP contribution in [0.25, 0.3) is 10.6 Å². The molecule has 1 N–H and O–H groups in total. The molecule has 5 nitrogen and oxygen atoms in total. The van der Waals surface area contributed by atoms with Crippen LogP contribution in [0.3, 0.4) is 0 Å². The van der Waals surface area contributed by atoms with E-state index in [2.05, 4.69) is 15.5 Å². The third kappa shape index (κ3) is 4.94. The van der Waals surface area contributed by atoms with E-state index >= 15 is 0 Å². The normalized spacial score (nSPS) is 10.5. The van der Waals surface area contributed by atoms with Gasteiger partial charge in [0.2, 0.25) is 11.0 Å². The fraction of sp³-hybridized carbons (Fsp3) is 0.118. The molecule has 8 heteroatoms. The van der Waals surface area contributed by atoms with Gasteiger partial charge in [0.25, 0.3) is 0 Å². The van der Waals surface area contributed by atoms with Crippen molar-refractivity contribution in [3.05, 3.63) is 53.6 Å². The highest BCUT2D eigenvalue weighted by Crippen LogP contribution is 2.28. The quantitative estimate of drug-likeness (QED) is 0.622. The number of amides is 1. The molecule has 0 radical (unpaired) electrons. The zero-order valence-corrected chi connectivity index (χ0v) is 15.6. The van der Waals surface area contributed by atoms with Gasteiger partial charge in [-0.3, -0.25) is 10.1 Å². The van der Waals surface area contributed by atoms with E-state index < -0.39 is 0 Å². The van der Waals surface area contributed by atoms with Crippen molar-refractivity contribution in [2.75, 3.05) is 18.2 Å². The third-order valence-electron chi connectivity index (χ3n) is 3.19. The molecule has 1 heterocycles. The number of rotatable bonds is 6. The van der Waals surface area contributed by atoms with E-state index in [9.17, 15) is 4.79 Å². The Morgan fingerprint density at radius 3 is 2.56 bits per heavy atom. The maximum absolute atomic E-state index is 12.0. The molecule has 0 spiro atoms. The van der Waals surface area contributed by atoms with E-state index in [1.54, 1.807) is 19.2 Å². The van der Waals surface area contributed by atoms with Crippen LogP contribution in [-0.2, 0) is 4.79 Å². The number of nitrogens with one attached hydrogen (secondary N) is 1. The van der Waals surface area contributed by atoms with Gasteiger partial charge in [0, 0.05) is 15.5 Å². The standard InChI is InChI=1S/C17H14ClN3O2S2/c1-23-13-6-2-11(3-7-13)16-20-21-17(25-16)19-15(22)10-24-14-8-4-12(18)5-9-14/h2-9H,10H2,1H3,(H,19,21,22). The van der Waals surface area contributed by atoms with Gasteiger partial charge < -0.3 is 4.74 Å². The van der Waals surface area contributed by atoms with Crippen LogP contribution in [0.15, 0.2) is 53.4 Å². The highest BCUT2D eigenvalue weighted by atomic mass is 35.5. The maximum atomic E-state index is 12.0. The minimum atomic E-state index is -0.127. The van der Waals surface area contributed by atoms with Crippen LogP contribution >= 0.6 is 34.7 Å². The molecule has 25 heavy (non-hydrogen) atoms.